The molecule has 1 aromatic rings. The second-order valence-electron chi connectivity index (χ2n) is 5.45. The number of carboxylic acids is 1. The van der Waals surface area contributed by atoms with Crippen molar-refractivity contribution in [1.82, 2.24) is 0 Å². The van der Waals surface area contributed by atoms with Crippen LogP contribution in [0.5, 0.6) is 0 Å². The lowest BCUT2D eigenvalue weighted by atomic mass is 9.91. The summed E-state index contributed by atoms with van der Waals surface area (Å²) in [6, 6.07) is 6.34. The number of hydrogen-bond donors (Lipinski definition) is 3. The minimum Gasteiger partial charge on any atom is -0.481 e. The highest BCUT2D eigenvalue weighted by atomic mass is 32.2. The first-order valence-corrected chi connectivity index (χ1v) is 8.39. The highest BCUT2D eigenvalue weighted by molar-refractivity contribution is 7.98. The molecule has 0 heterocycles. The number of carbonyl (C=O) groups excluding carboxylic acids is 2. The van der Waals surface area contributed by atoms with E-state index in [2.05, 4.69) is 4.74 Å². The number of esters is 1. The first kappa shape index (κ1) is 20.1. The number of aryl methyl sites for hydroxylation is 1. The number of benzene rings is 1. The molecule has 24 heavy (non-hydrogen) atoms. The lowest BCUT2D eigenvalue weighted by Crippen LogP contribution is -2.62. The van der Waals surface area contributed by atoms with Crippen LogP contribution < -0.4 is 11.5 Å². The molecule has 5 N–H and O–H groups in total. The zero-order valence-corrected chi connectivity index (χ0v) is 14.5. The molecule has 2 atom stereocenters. The molecule has 0 aliphatic rings. The molecular formula is C16H22N2O5S. The molecule has 0 fully saturated rings. The fraction of sp³-hybridized carbons (Fsp3) is 0.438. The SMILES string of the molecule is COC(=O)[C@@](N)(CSCc1ccccc1C)C(=O)[C@@H](N)CC(=O)O. The molecule has 8 heteroatoms. The summed E-state index contributed by atoms with van der Waals surface area (Å²) in [6.45, 7) is 1.96. The van der Waals surface area contributed by atoms with Crippen LogP contribution in [-0.4, -0.2) is 47.3 Å². The summed E-state index contributed by atoms with van der Waals surface area (Å²) >= 11 is 1.29. The molecule has 0 amide bonds. The number of ether oxygens (including phenoxy) is 1. The Balaban J connectivity index is 2.84. The minimum absolute atomic E-state index is 0.0554. The van der Waals surface area contributed by atoms with E-state index in [0.29, 0.717) is 5.75 Å². The summed E-state index contributed by atoms with van der Waals surface area (Å²) in [5.74, 6) is -2.51. The van der Waals surface area contributed by atoms with Crippen LogP contribution in [0.25, 0.3) is 0 Å². The zero-order valence-electron chi connectivity index (χ0n) is 13.7. The number of ketones is 1. The molecule has 0 unspecified atom stereocenters. The van der Waals surface area contributed by atoms with E-state index in [-0.39, 0.29) is 5.75 Å². The van der Waals surface area contributed by atoms with Gasteiger partial charge in [0.15, 0.2) is 11.3 Å². The number of thioether (sulfide) groups is 1. The van der Waals surface area contributed by atoms with Gasteiger partial charge in [-0.2, -0.15) is 11.8 Å². The predicted octanol–water partition coefficient (Wildman–Crippen LogP) is 0.470. The third-order valence-electron chi connectivity index (χ3n) is 3.57. The number of carbonyl (C=O) groups is 3. The maximum absolute atomic E-state index is 12.4. The smallest absolute Gasteiger partial charge is 0.334 e. The van der Waals surface area contributed by atoms with Gasteiger partial charge >= 0.3 is 11.9 Å². The van der Waals surface area contributed by atoms with Crippen molar-refractivity contribution in [2.75, 3.05) is 12.9 Å². The number of rotatable bonds is 9. The molecule has 0 bridgehead atoms. The van der Waals surface area contributed by atoms with Crippen LogP contribution in [-0.2, 0) is 24.9 Å². The quantitative estimate of drug-likeness (QED) is 0.430. The van der Waals surface area contributed by atoms with E-state index in [9.17, 15) is 14.4 Å². The predicted molar refractivity (Wildman–Crippen MR) is 91.5 cm³/mol. The van der Waals surface area contributed by atoms with Crippen LogP contribution in [0.3, 0.4) is 0 Å². The van der Waals surface area contributed by atoms with Gasteiger partial charge in [0, 0.05) is 11.5 Å². The Labute approximate surface area is 144 Å². The highest BCUT2D eigenvalue weighted by Gasteiger charge is 2.45. The van der Waals surface area contributed by atoms with E-state index in [4.69, 9.17) is 16.6 Å². The molecular weight excluding hydrogens is 332 g/mol. The third-order valence-corrected chi connectivity index (χ3v) is 4.74. The Morgan fingerprint density at radius 3 is 2.50 bits per heavy atom. The van der Waals surface area contributed by atoms with E-state index in [1.54, 1.807) is 0 Å². The van der Waals surface area contributed by atoms with Gasteiger partial charge in [-0.05, 0) is 18.1 Å². The first-order chi connectivity index (χ1) is 11.2. The van der Waals surface area contributed by atoms with Crippen molar-refractivity contribution >= 4 is 29.5 Å². The number of hydrogen-bond acceptors (Lipinski definition) is 7. The van der Waals surface area contributed by atoms with E-state index >= 15 is 0 Å². The largest absolute Gasteiger partial charge is 0.481 e. The van der Waals surface area contributed by atoms with Gasteiger partial charge in [-0.25, -0.2) is 4.79 Å². The Morgan fingerprint density at radius 2 is 1.96 bits per heavy atom. The van der Waals surface area contributed by atoms with Gasteiger partial charge in [0.05, 0.1) is 19.6 Å². The monoisotopic (exact) mass is 354 g/mol. The Kier molecular flexibility index (Phi) is 7.40. The van der Waals surface area contributed by atoms with Crippen LogP contribution in [0.15, 0.2) is 24.3 Å². The average Bonchev–Trinajstić information content (AvgIpc) is 2.54. The number of Topliss-reactive ketones (excluding diaryl/α,β-unsaturated/α-hetero) is 1. The van der Waals surface area contributed by atoms with E-state index in [0.717, 1.165) is 18.2 Å². The number of carboxylic acid groups (broad SMARTS) is 1. The second-order valence-corrected chi connectivity index (χ2v) is 6.44. The topological polar surface area (TPSA) is 133 Å². The van der Waals surface area contributed by atoms with Gasteiger partial charge in [0.25, 0.3) is 0 Å². The van der Waals surface area contributed by atoms with Crippen LogP contribution in [0.2, 0.25) is 0 Å². The molecule has 0 spiro atoms. The maximum atomic E-state index is 12.4. The van der Waals surface area contributed by atoms with Crippen molar-refractivity contribution < 1.29 is 24.2 Å². The molecule has 0 saturated carbocycles. The van der Waals surface area contributed by atoms with Crippen molar-refractivity contribution in [2.45, 2.75) is 30.7 Å². The molecule has 132 valence electrons. The van der Waals surface area contributed by atoms with Gasteiger partial charge in [0.1, 0.15) is 0 Å². The van der Waals surface area contributed by atoms with Gasteiger partial charge in [-0.1, -0.05) is 24.3 Å². The van der Waals surface area contributed by atoms with Gasteiger partial charge in [0.2, 0.25) is 0 Å². The Bertz CT molecular complexity index is 622. The lowest BCUT2D eigenvalue weighted by molar-refractivity contribution is -0.151. The van der Waals surface area contributed by atoms with E-state index in [1.807, 2.05) is 31.2 Å². The summed E-state index contributed by atoms with van der Waals surface area (Å²) in [5, 5.41) is 8.76. The standard InChI is InChI=1S/C16H22N2O5S/c1-10-5-3-4-6-11(10)8-24-9-16(18,15(22)23-2)14(21)12(17)7-13(19)20/h3-6,12H,7-9,17-18H2,1-2H3,(H,19,20)/t12-,16+/m0/s1. The molecule has 7 nitrogen and oxygen atoms in total. The average molecular weight is 354 g/mol. The van der Waals surface area contributed by atoms with Crippen molar-refractivity contribution in [3.8, 4) is 0 Å². The minimum atomic E-state index is -1.98. The first-order valence-electron chi connectivity index (χ1n) is 7.23. The number of aliphatic carboxylic acids is 1. The summed E-state index contributed by atoms with van der Waals surface area (Å²) in [4.78, 5) is 35.1. The van der Waals surface area contributed by atoms with Crippen LogP contribution in [0, 0.1) is 6.92 Å². The van der Waals surface area contributed by atoms with Crippen molar-refractivity contribution in [1.29, 1.82) is 0 Å². The Hall–Kier alpha value is -1.90. The summed E-state index contributed by atoms with van der Waals surface area (Å²) < 4.78 is 4.62. The molecule has 1 aromatic carbocycles. The molecule has 0 saturated heterocycles. The lowest BCUT2D eigenvalue weighted by Gasteiger charge is -2.27. The van der Waals surface area contributed by atoms with Gasteiger partial charge in [-0.3, -0.25) is 9.59 Å². The molecule has 1 rings (SSSR count). The van der Waals surface area contributed by atoms with Crippen molar-refractivity contribution in [3.63, 3.8) is 0 Å². The van der Waals surface area contributed by atoms with Gasteiger partial charge < -0.3 is 21.3 Å². The normalized spacial score (nSPS) is 14.5. The number of methoxy groups -OCH3 is 1. The summed E-state index contributed by atoms with van der Waals surface area (Å²) in [6.07, 6.45) is -0.600. The van der Waals surface area contributed by atoms with Crippen molar-refractivity contribution in [2.24, 2.45) is 11.5 Å². The van der Waals surface area contributed by atoms with Crippen molar-refractivity contribution in [3.05, 3.63) is 35.4 Å². The van der Waals surface area contributed by atoms with Crippen LogP contribution in [0.1, 0.15) is 17.5 Å². The fourth-order valence-corrected chi connectivity index (χ4v) is 3.35. The second kappa shape index (κ2) is 8.81. The van der Waals surface area contributed by atoms with Crippen LogP contribution in [0.4, 0.5) is 0 Å². The van der Waals surface area contributed by atoms with Crippen LogP contribution >= 0.6 is 11.8 Å². The van der Waals surface area contributed by atoms with Gasteiger partial charge in [-0.15, -0.1) is 0 Å². The fourth-order valence-electron chi connectivity index (χ4n) is 2.12. The maximum Gasteiger partial charge on any atom is 0.334 e. The van der Waals surface area contributed by atoms with E-state index < -0.39 is 35.7 Å². The Morgan fingerprint density at radius 1 is 1.33 bits per heavy atom. The molecule has 0 radical (unpaired) electrons. The molecule has 0 aromatic heterocycles. The third kappa shape index (κ3) is 5.05. The highest BCUT2D eigenvalue weighted by Crippen LogP contribution is 2.22. The zero-order chi connectivity index (χ0) is 18.3. The van der Waals surface area contributed by atoms with E-state index in [1.165, 1.54) is 11.8 Å². The molecule has 0 aliphatic heterocycles. The summed E-state index contributed by atoms with van der Waals surface area (Å²) in [5.41, 5.74) is 11.7. The number of nitrogens with two attached hydrogens (primary N) is 2. The summed E-state index contributed by atoms with van der Waals surface area (Å²) in [7, 11) is 1.12. The molecule has 0 aliphatic carbocycles.